The second kappa shape index (κ2) is 8.91. The lowest BCUT2D eigenvalue weighted by Crippen LogP contribution is -2.13. The number of carbonyl (C=O) groups excluding carboxylic acids is 1. The second-order valence-electron chi connectivity index (χ2n) is 7.70. The molecule has 0 atom stereocenters. The van der Waals surface area contributed by atoms with E-state index in [1.165, 1.54) is 0 Å². The van der Waals surface area contributed by atoms with Gasteiger partial charge >= 0.3 is 0 Å². The van der Waals surface area contributed by atoms with Gasteiger partial charge < -0.3 is 16.0 Å². The van der Waals surface area contributed by atoms with Gasteiger partial charge in [-0.2, -0.15) is 0 Å². The third-order valence-corrected chi connectivity index (χ3v) is 5.27. The molecule has 1 amide bonds. The minimum absolute atomic E-state index is 0.142. The molecule has 0 radical (unpaired) electrons. The van der Waals surface area contributed by atoms with E-state index in [-0.39, 0.29) is 12.3 Å². The van der Waals surface area contributed by atoms with Gasteiger partial charge in [0, 0.05) is 37.0 Å². The number of nitrogens with two attached hydrogens (primary N) is 1. The molecule has 5 rings (SSSR count). The molecule has 0 bridgehead atoms. The van der Waals surface area contributed by atoms with Crippen molar-refractivity contribution in [3.05, 3.63) is 84.7 Å². The van der Waals surface area contributed by atoms with E-state index in [1.54, 1.807) is 23.1 Å². The minimum atomic E-state index is -0.142. The Bertz CT molecular complexity index is 1370. The molecule has 0 aliphatic heterocycles. The Morgan fingerprint density at radius 2 is 2.00 bits per heavy atom. The van der Waals surface area contributed by atoms with Crippen LogP contribution in [-0.2, 0) is 17.8 Å². The molecule has 0 fully saturated rings. The Kier molecular flexibility index (Phi) is 5.50. The number of H-pyrrole nitrogens is 1. The van der Waals surface area contributed by atoms with Gasteiger partial charge in [-0.25, -0.2) is 9.67 Å². The molecule has 0 aliphatic rings. The van der Waals surface area contributed by atoms with Gasteiger partial charge in [-0.15, -0.1) is 5.10 Å². The number of benzene rings is 2. The Labute approximate surface area is 189 Å². The van der Waals surface area contributed by atoms with Crippen LogP contribution in [0.15, 0.2) is 73.2 Å². The molecule has 4 N–H and O–H groups in total. The fraction of sp³-hybridized carbons (Fsp3) is 0.125. The van der Waals surface area contributed by atoms with Crippen LogP contribution in [0.3, 0.4) is 0 Å². The Balaban J connectivity index is 1.19. The van der Waals surface area contributed by atoms with Crippen LogP contribution in [0.4, 0.5) is 11.4 Å². The number of aryl methyl sites for hydroxylation is 1. The molecule has 0 unspecified atom stereocenters. The molecule has 3 aromatic heterocycles. The molecule has 0 aliphatic carbocycles. The number of imidazole rings is 1. The van der Waals surface area contributed by atoms with Gasteiger partial charge in [0.05, 0.1) is 28.1 Å². The molecule has 2 aromatic carbocycles. The lowest BCUT2D eigenvalue weighted by atomic mass is 10.1. The molecule has 3 heterocycles. The number of carbonyl (C=O) groups is 1. The molecule has 5 aromatic rings. The minimum Gasteiger partial charge on any atom is -0.397 e. The van der Waals surface area contributed by atoms with Gasteiger partial charge in [-0.3, -0.25) is 9.78 Å². The highest BCUT2D eigenvalue weighted by atomic mass is 16.1. The summed E-state index contributed by atoms with van der Waals surface area (Å²) in [4.78, 5) is 24.5. The highest BCUT2D eigenvalue weighted by molar-refractivity contribution is 5.95. The maximum Gasteiger partial charge on any atom is 0.224 e. The van der Waals surface area contributed by atoms with E-state index in [1.807, 2.05) is 54.7 Å². The van der Waals surface area contributed by atoms with E-state index in [0.29, 0.717) is 24.3 Å². The van der Waals surface area contributed by atoms with Crippen molar-refractivity contribution in [2.45, 2.75) is 19.4 Å². The first-order chi connectivity index (χ1) is 16.1. The van der Waals surface area contributed by atoms with Gasteiger partial charge in [-0.05, 0) is 35.9 Å². The quantitative estimate of drug-likeness (QED) is 0.334. The number of nitrogens with zero attached hydrogens (tertiary/aromatic N) is 5. The maximum absolute atomic E-state index is 12.5. The number of nitrogen functional groups attached to an aromatic ring is 1. The summed E-state index contributed by atoms with van der Waals surface area (Å²) in [6.07, 6.45) is 6.05. The van der Waals surface area contributed by atoms with Crippen molar-refractivity contribution in [2.75, 3.05) is 11.1 Å². The first-order valence-corrected chi connectivity index (χ1v) is 10.6. The van der Waals surface area contributed by atoms with Crippen LogP contribution >= 0.6 is 0 Å². The van der Waals surface area contributed by atoms with Crippen molar-refractivity contribution in [1.29, 1.82) is 0 Å². The Morgan fingerprint density at radius 3 is 2.85 bits per heavy atom. The van der Waals surface area contributed by atoms with Gasteiger partial charge in [0.15, 0.2) is 0 Å². The van der Waals surface area contributed by atoms with E-state index in [9.17, 15) is 4.79 Å². The van der Waals surface area contributed by atoms with Gasteiger partial charge in [-0.1, -0.05) is 29.5 Å². The fourth-order valence-electron chi connectivity index (χ4n) is 3.60. The number of para-hydroxylation sites is 2. The number of fused-ring (bicyclic) bond motifs is 1. The van der Waals surface area contributed by atoms with Crippen LogP contribution in [-0.4, -0.2) is 35.9 Å². The van der Waals surface area contributed by atoms with Crippen LogP contribution in [0.1, 0.15) is 17.9 Å². The van der Waals surface area contributed by atoms with Crippen LogP contribution in [0.25, 0.3) is 22.2 Å². The summed E-state index contributed by atoms with van der Waals surface area (Å²) in [7, 11) is 0. The monoisotopic (exact) mass is 438 g/mol. The highest BCUT2D eigenvalue weighted by Crippen LogP contribution is 2.27. The number of aromatic amines is 1. The van der Waals surface area contributed by atoms with Crippen molar-refractivity contribution in [3.8, 4) is 11.1 Å². The van der Waals surface area contributed by atoms with Crippen LogP contribution in [0, 0.1) is 0 Å². The Morgan fingerprint density at radius 1 is 1.09 bits per heavy atom. The number of rotatable bonds is 7. The molecule has 9 nitrogen and oxygen atoms in total. The summed E-state index contributed by atoms with van der Waals surface area (Å²) in [5.41, 5.74) is 11.7. The topological polar surface area (TPSA) is 127 Å². The predicted octanol–water partition coefficient (Wildman–Crippen LogP) is 3.42. The standard InChI is InChI=1S/C24H22N8O/c25-19-9-7-16(17-4-3-11-26-13-17)12-22(19)29-24(33)10-8-18-14-32(31-30-18)15-23-27-20-5-1-2-6-21(20)28-23/h1-7,9,11-14H,8,10,15,25H2,(H,27,28)(H,29,33). The average molecular weight is 438 g/mol. The Hall–Kier alpha value is -4.53. The van der Waals surface area contributed by atoms with Crippen molar-refractivity contribution >= 4 is 28.3 Å². The van der Waals surface area contributed by atoms with E-state index >= 15 is 0 Å². The van der Waals surface area contributed by atoms with E-state index in [0.717, 1.165) is 33.7 Å². The zero-order chi connectivity index (χ0) is 22.6. The zero-order valence-corrected chi connectivity index (χ0v) is 17.8. The summed E-state index contributed by atoms with van der Waals surface area (Å²) in [6, 6.07) is 17.2. The van der Waals surface area contributed by atoms with Gasteiger partial charge in [0.2, 0.25) is 5.91 Å². The molecule has 9 heteroatoms. The number of hydrogen-bond donors (Lipinski definition) is 3. The molecular formula is C24H22N8O. The third kappa shape index (κ3) is 4.72. The number of aromatic nitrogens is 6. The molecule has 0 saturated heterocycles. The number of anilines is 2. The van der Waals surface area contributed by atoms with E-state index in [2.05, 4.69) is 30.6 Å². The van der Waals surface area contributed by atoms with Crippen molar-refractivity contribution in [3.63, 3.8) is 0 Å². The largest absolute Gasteiger partial charge is 0.397 e. The molecule has 0 spiro atoms. The summed E-state index contributed by atoms with van der Waals surface area (Å²) in [6.45, 7) is 0.478. The molecule has 0 saturated carbocycles. The van der Waals surface area contributed by atoms with E-state index < -0.39 is 0 Å². The summed E-state index contributed by atoms with van der Waals surface area (Å²) in [5, 5.41) is 11.2. The van der Waals surface area contributed by atoms with E-state index in [4.69, 9.17) is 5.73 Å². The van der Waals surface area contributed by atoms with Crippen LogP contribution in [0.2, 0.25) is 0 Å². The van der Waals surface area contributed by atoms with Gasteiger partial charge in [0.25, 0.3) is 0 Å². The van der Waals surface area contributed by atoms with Crippen molar-refractivity contribution in [1.82, 2.24) is 29.9 Å². The molecular weight excluding hydrogens is 416 g/mol. The zero-order valence-electron chi connectivity index (χ0n) is 17.8. The summed E-state index contributed by atoms with van der Waals surface area (Å²) < 4.78 is 1.71. The summed E-state index contributed by atoms with van der Waals surface area (Å²) in [5.74, 6) is 0.659. The van der Waals surface area contributed by atoms with Gasteiger partial charge in [0.1, 0.15) is 12.4 Å². The third-order valence-electron chi connectivity index (χ3n) is 5.27. The number of hydrogen-bond acceptors (Lipinski definition) is 6. The second-order valence-corrected chi connectivity index (χ2v) is 7.70. The number of nitrogens with one attached hydrogen (secondary N) is 2. The summed E-state index contributed by atoms with van der Waals surface area (Å²) >= 11 is 0. The lowest BCUT2D eigenvalue weighted by Gasteiger charge is -2.10. The number of amides is 1. The maximum atomic E-state index is 12.5. The van der Waals surface area contributed by atoms with Crippen LogP contribution < -0.4 is 11.1 Å². The van der Waals surface area contributed by atoms with Crippen LogP contribution in [0.5, 0.6) is 0 Å². The lowest BCUT2D eigenvalue weighted by molar-refractivity contribution is -0.116. The SMILES string of the molecule is Nc1ccc(-c2cccnc2)cc1NC(=O)CCc1cn(Cc2nc3ccccc3[nH]2)nn1. The number of pyridine rings is 1. The highest BCUT2D eigenvalue weighted by Gasteiger charge is 2.10. The fourth-order valence-corrected chi connectivity index (χ4v) is 3.60. The first-order valence-electron chi connectivity index (χ1n) is 10.6. The normalized spacial score (nSPS) is 11.0. The molecule has 164 valence electrons. The van der Waals surface area contributed by atoms with Crippen molar-refractivity contribution in [2.24, 2.45) is 0 Å². The average Bonchev–Trinajstić information content (AvgIpc) is 3.46. The first kappa shape index (κ1) is 20.4. The smallest absolute Gasteiger partial charge is 0.224 e. The van der Waals surface area contributed by atoms with Crippen molar-refractivity contribution < 1.29 is 4.79 Å². The predicted molar refractivity (Wildman–Crippen MR) is 126 cm³/mol. The molecule has 33 heavy (non-hydrogen) atoms.